The van der Waals surface area contributed by atoms with Crippen LogP contribution in [0.2, 0.25) is 0 Å². The van der Waals surface area contributed by atoms with E-state index in [0.717, 1.165) is 5.39 Å². The zero-order chi connectivity index (χ0) is 14.4. The fourth-order valence-electron chi connectivity index (χ4n) is 2.35. The van der Waals surface area contributed by atoms with Crippen molar-refractivity contribution in [1.82, 2.24) is 5.16 Å². The molecule has 0 N–H and O–H groups in total. The maximum Gasteiger partial charge on any atom is 0.270 e. The third-order valence-corrected chi connectivity index (χ3v) is 3.32. The average molecular weight is 280 g/mol. The molecule has 2 aromatic carbocycles. The molecular weight excluding hydrogens is 272 g/mol. The Balaban J connectivity index is 1.98. The molecular formula is C15H8N2O4. The minimum atomic E-state index is -0.449. The largest absolute Gasteiger partial charge is 0.450 e. The van der Waals surface area contributed by atoms with E-state index in [4.69, 9.17) is 8.94 Å². The number of fused-ring (bicyclic) bond motifs is 3. The zero-order valence-electron chi connectivity index (χ0n) is 10.6. The molecule has 6 heteroatoms. The molecule has 0 aliphatic carbocycles. The highest BCUT2D eigenvalue weighted by Crippen LogP contribution is 2.36. The van der Waals surface area contributed by atoms with E-state index in [1.807, 2.05) is 24.3 Å². The van der Waals surface area contributed by atoms with E-state index in [1.54, 1.807) is 12.1 Å². The third kappa shape index (κ3) is 1.69. The maximum absolute atomic E-state index is 10.9. The van der Waals surface area contributed by atoms with Gasteiger partial charge in [-0.3, -0.25) is 10.1 Å². The summed E-state index contributed by atoms with van der Waals surface area (Å²) in [4.78, 5) is 10.4. The molecule has 21 heavy (non-hydrogen) atoms. The molecule has 0 unspecified atom stereocenters. The lowest BCUT2D eigenvalue weighted by Crippen LogP contribution is -1.87. The monoisotopic (exact) mass is 280 g/mol. The summed E-state index contributed by atoms with van der Waals surface area (Å²) < 4.78 is 11.1. The van der Waals surface area contributed by atoms with E-state index in [2.05, 4.69) is 5.16 Å². The van der Waals surface area contributed by atoms with Crippen molar-refractivity contribution in [3.8, 4) is 11.3 Å². The Morgan fingerprint density at radius 3 is 2.81 bits per heavy atom. The first-order chi connectivity index (χ1) is 10.2. The lowest BCUT2D eigenvalue weighted by molar-refractivity contribution is -0.384. The Hall–Kier alpha value is -3.15. The number of nitro benzene ring substituents is 1. The van der Waals surface area contributed by atoms with Gasteiger partial charge in [0.25, 0.3) is 5.69 Å². The van der Waals surface area contributed by atoms with Crippen molar-refractivity contribution in [2.24, 2.45) is 0 Å². The topological polar surface area (TPSA) is 82.3 Å². The Bertz CT molecular complexity index is 984. The van der Waals surface area contributed by atoms with Crippen molar-refractivity contribution < 1.29 is 13.9 Å². The average Bonchev–Trinajstić information content (AvgIpc) is 3.06. The van der Waals surface area contributed by atoms with Gasteiger partial charge >= 0.3 is 0 Å². The minimum absolute atomic E-state index is 0.00633. The van der Waals surface area contributed by atoms with Gasteiger partial charge in [-0.15, -0.1) is 0 Å². The third-order valence-electron chi connectivity index (χ3n) is 3.32. The lowest BCUT2D eigenvalue weighted by Gasteiger charge is -1.95. The van der Waals surface area contributed by atoms with E-state index in [9.17, 15) is 10.1 Å². The molecule has 0 aliphatic heterocycles. The van der Waals surface area contributed by atoms with E-state index in [-0.39, 0.29) is 5.69 Å². The number of nitro groups is 1. The highest BCUT2D eigenvalue weighted by Gasteiger charge is 2.19. The summed E-state index contributed by atoms with van der Waals surface area (Å²) in [6.07, 6.45) is 0. The van der Waals surface area contributed by atoms with Crippen LogP contribution in [-0.4, -0.2) is 10.1 Å². The highest BCUT2D eigenvalue weighted by molar-refractivity contribution is 6.06. The summed E-state index contributed by atoms with van der Waals surface area (Å²) in [6.45, 7) is 0. The summed E-state index contributed by atoms with van der Waals surface area (Å²) in [7, 11) is 0. The van der Waals surface area contributed by atoms with Gasteiger partial charge in [0.1, 0.15) is 5.58 Å². The second kappa shape index (κ2) is 4.17. The van der Waals surface area contributed by atoms with Crippen molar-refractivity contribution >= 4 is 27.8 Å². The van der Waals surface area contributed by atoms with Crippen molar-refractivity contribution in [2.45, 2.75) is 0 Å². The number of non-ortho nitro benzene ring substituents is 1. The van der Waals surface area contributed by atoms with Crippen LogP contribution in [0.3, 0.4) is 0 Å². The summed E-state index contributed by atoms with van der Waals surface area (Å²) in [6, 6.07) is 13.7. The number of benzene rings is 2. The first kappa shape index (κ1) is 11.7. The number of hydrogen-bond acceptors (Lipinski definition) is 5. The normalized spacial score (nSPS) is 11.2. The Labute approximate surface area is 117 Å². The van der Waals surface area contributed by atoms with Crippen LogP contribution in [0.5, 0.6) is 0 Å². The Kier molecular flexibility index (Phi) is 2.32. The second-order valence-corrected chi connectivity index (χ2v) is 4.60. The van der Waals surface area contributed by atoms with Crippen molar-refractivity contribution in [2.75, 3.05) is 0 Å². The molecule has 0 radical (unpaired) electrons. The number of para-hydroxylation sites is 1. The fraction of sp³-hybridized carbons (Fsp3) is 0. The van der Waals surface area contributed by atoms with E-state index in [0.29, 0.717) is 28.0 Å². The Morgan fingerprint density at radius 1 is 1.10 bits per heavy atom. The standard InChI is InChI=1S/C15H8N2O4/c18-17(19)10-5-3-4-9(8-10)14-15-13(16-21-14)11-6-1-2-7-12(11)20-15/h1-8H. The smallest absolute Gasteiger partial charge is 0.270 e. The first-order valence-corrected chi connectivity index (χ1v) is 6.26. The predicted molar refractivity (Wildman–Crippen MR) is 75.9 cm³/mol. The van der Waals surface area contributed by atoms with Crippen LogP contribution >= 0.6 is 0 Å². The van der Waals surface area contributed by atoms with Gasteiger partial charge in [0, 0.05) is 17.7 Å². The molecule has 2 heterocycles. The molecule has 4 aromatic rings. The SMILES string of the molecule is O=[N+]([O-])c1cccc(-c2onc3c2oc2ccccc23)c1. The summed E-state index contributed by atoms with van der Waals surface area (Å²) in [5, 5.41) is 15.7. The van der Waals surface area contributed by atoms with Gasteiger partial charge in [0.05, 0.1) is 10.3 Å². The molecule has 6 nitrogen and oxygen atoms in total. The molecule has 2 aromatic heterocycles. The molecule has 0 saturated heterocycles. The number of nitrogens with zero attached hydrogens (tertiary/aromatic N) is 2. The van der Waals surface area contributed by atoms with Crippen LogP contribution < -0.4 is 0 Å². The van der Waals surface area contributed by atoms with Gasteiger partial charge in [-0.05, 0) is 12.1 Å². The van der Waals surface area contributed by atoms with Crippen molar-refractivity contribution in [1.29, 1.82) is 0 Å². The number of furan rings is 1. The quantitative estimate of drug-likeness (QED) is 0.407. The predicted octanol–water partition coefficient (Wildman–Crippen LogP) is 4.15. The molecule has 0 amide bonds. The number of aromatic nitrogens is 1. The summed E-state index contributed by atoms with van der Waals surface area (Å²) >= 11 is 0. The van der Waals surface area contributed by atoms with Crippen molar-refractivity contribution in [3.63, 3.8) is 0 Å². The van der Waals surface area contributed by atoms with Gasteiger partial charge in [-0.2, -0.15) is 0 Å². The molecule has 0 atom stereocenters. The van der Waals surface area contributed by atoms with Crippen LogP contribution in [0.25, 0.3) is 33.4 Å². The van der Waals surface area contributed by atoms with Gasteiger partial charge in [0.15, 0.2) is 5.52 Å². The minimum Gasteiger partial charge on any atom is -0.450 e. The first-order valence-electron chi connectivity index (χ1n) is 6.26. The number of hydrogen-bond donors (Lipinski definition) is 0. The molecule has 102 valence electrons. The summed E-state index contributed by atoms with van der Waals surface area (Å²) in [5.74, 6) is 0.393. The van der Waals surface area contributed by atoms with Crippen LogP contribution in [-0.2, 0) is 0 Å². The lowest BCUT2D eigenvalue weighted by atomic mass is 10.1. The van der Waals surface area contributed by atoms with Crippen LogP contribution in [0.4, 0.5) is 5.69 Å². The molecule has 0 bridgehead atoms. The van der Waals surface area contributed by atoms with Crippen LogP contribution in [0.1, 0.15) is 0 Å². The number of rotatable bonds is 2. The van der Waals surface area contributed by atoms with Gasteiger partial charge in [0.2, 0.25) is 11.3 Å². The van der Waals surface area contributed by atoms with E-state index < -0.39 is 4.92 Å². The van der Waals surface area contributed by atoms with Crippen LogP contribution in [0, 0.1) is 10.1 Å². The summed E-state index contributed by atoms with van der Waals surface area (Å²) in [5.41, 5.74) is 2.38. The van der Waals surface area contributed by atoms with Gasteiger partial charge in [-0.25, -0.2) is 0 Å². The molecule has 0 aliphatic rings. The molecule has 0 saturated carbocycles. The molecule has 0 spiro atoms. The van der Waals surface area contributed by atoms with Crippen LogP contribution in [0.15, 0.2) is 57.5 Å². The maximum atomic E-state index is 10.9. The Morgan fingerprint density at radius 2 is 1.95 bits per heavy atom. The van der Waals surface area contributed by atoms with Crippen molar-refractivity contribution in [3.05, 3.63) is 58.6 Å². The second-order valence-electron chi connectivity index (χ2n) is 4.60. The van der Waals surface area contributed by atoms with E-state index >= 15 is 0 Å². The molecule has 0 fully saturated rings. The van der Waals surface area contributed by atoms with Gasteiger partial charge in [-0.1, -0.05) is 29.4 Å². The van der Waals surface area contributed by atoms with Gasteiger partial charge < -0.3 is 8.94 Å². The zero-order valence-corrected chi connectivity index (χ0v) is 10.6. The van der Waals surface area contributed by atoms with E-state index in [1.165, 1.54) is 12.1 Å². The highest BCUT2D eigenvalue weighted by atomic mass is 16.6. The molecule has 4 rings (SSSR count). The fourth-order valence-corrected chi connectivity index (χ4v) is 2.35.